The molecule has 0 bridgehead atoms. The summed E-state index contributed by atoms with van der Waals surface area (Å²) in [5.74, 6) is 0. The van der Waals surface area contributed by atoms with Crippen LogP contribution in [0.2, 0.25) is 0 Å². The van der Waals surface area contributed by atoms with Gasteiger partial charge in [-0.05, 0) is 37.3 Å². The van der Waals surface area contributed by atoms with E-state index >= 15 is 0 Å². The lowest BCUT2D eigenvalue weighted by Crippen LogP contribution is -2.33. The first-order valence-corrected chi connectivity index (χ1v) is 5.13. The molecule has 0 unspecified atom stereocenters. The Morgan fingerprint density at radius 3 is 2.36 bits per heavy atom. The summed E-state index contributed by atoms with van der Waals surface area (Å²) in [5, 5.41) is -0.814. The van der Waals surface area contributed by atoms with Gasteiger partial charge in [0.1, 0.15) is 6.10 Å². The Morgan fingerprint density at radius 2 is 1.86 bits per heavy atom. The van der Waals surface area contributed by atoms with Gasteiger partial charge in [-0.2, -0.15) is 0 Å². The maximum atomic E-state index is 11.3. The number of ether oxygens (including phenoxy) is 1. The lowest BCUT2D eigenvalue weighted by molar-refractivity contribution is 0.0593. The molecule has 0 heterocycles. The van der Waals surface area contributed by atoms with Crippen LogP contribution < -0.4 is 0 Å². The molecule has 80 valence electrons. The van der Waals surface area contributed by atoms with Crippen LogP contribution in [0.25, 0.3) is 0 Å². The molecule has 4 nitrogen and oxygen atoms in total. The predicted octanol–water partition coefficient (Wildman–Crippen LogP) is 2.75. The van der Waals surface area contributed by atoms with Crippen molar-refractivity contribution in [2.75, 3.05) is 7.05 Å². The largest absolute Gasteiger partial charge is 0.446 e. The Morgan fingerprint density at radius 1 is 1.29 bits per heavy atom. The Kier molecular flexibility index (Phi) is 4.20. The molecule has 1 aliphatic rings. The monoisotopic (exact) mass is 219 g/mol. The van der Waals surface area contributed by atoms with E-state index in [-0.39, 0.29) is 6.10 Å². The van der Waals surface area contributed by atoms with E-state index in [9.17, 15) is 9.59 Å². The highest BCUT2D eigenvalue weighted by atomic mass is 35.5. The van der Waals surface area contributed by atoms with Gasteiger partial charge in [-0.3, -0.25) is 4.79 Å². The molecule has 1 rings (SSSR count). The SMILES string of the molecule is CN(C(=O)Cl)C(=O)OC1CCCCC1. The molecule has 2 amide bonds. The van der Waals surface area contributed by atoms with Gasteiger partial charge in [0.15, 0.2) is 0 Å². The van der Waals surface area contributed by atoms with Gasteiger partial charge in [-0.25, -0.2) is 9.69 Å². The maximum absolute atomic E-state index is 11.3. The van der Waals surface area contributed by atoms with Crippen molar-refractivity contribution in [2.45, 2.75) is 38.2 Å². The zero-order valence-electron chi connectivity index (χ0n) is 8.16. The molecule has 1 fully saturated rings. The molecule has 0 aliphatic heterocycles. The second kappa shape index (κ2) is 5.20. The summed E-state index contributed by atoms with van der Waals surface area (Å²) >= 11 is 5.13. The third-order valence-corrected chi connectivity index (χ3v) is 2.61. The second-order valence-electron chi connectivity index (χ2n) is 3.46. The van der Waals surface area contributed by atoms with Gasteiger partial charge < -0.3 is 4.74 Å². The fourth-order valence-electron chi connectivity index (χ4n) is 1.48. The highest BCUT2D eigenvalue weighted by molar-refractivity contribution is 6.63. The summed E-state index contributed by atoms with van der Waals surface area (Å²) in [6.45, 7) is 0. The molecule has 0 aromatic heterocycles. The van der Waals surface area contributed by atoms with E-state index in [2.05, 4.69) is 0 Å². The van der Waals surface area contributed by atoms with Crippen molar-refractivity contribution >= 4 is 23.1 Å². The molecular formula is C9H14ClNO3. The van der Waals surface area contributed by atoms with Crippen molar-refractivity contribution in [3.05, 3.63) is 0 Å². The quantitative estimate of drug-likeness (QED) is 0.503. The van der Waals surface area contributed by atoms with Crippen LogP contribution in [0.4, 0.5) is 9.59 Å². The summed E-state index contributed by atoms with van der Waals surface area (Å²) in [6, 6.07) is 0. The van der Waals surface area contributed by atoms with Crippen LogP contribution in [0.5, 0.6) is 0 Å². The summed E-state index contributed by atoms with van der Waals surface area (Å²) < 4.78 is 5.10. The van der Waals surface area contributed by atoms with Crippen molar-refractivity contribution in [1.82, 2.24) is 4.90 Å². The molecule has 5 heteroatoms. The van der Waals surface area contributed by atoms with E-state index in [1.54, 1.807) is 0 Å². The molecule has 0 N–H and O–H groups in total. The van der Waals surface area contributed by atoms with Gasteiger partial charge in [-0.1, -0.05) is 6.42 Å². The first-order chi connectivity index (χ1) is 6.61. The van der Waals surface area contributed by atoms with Crippen molar-refractivity contribution in [3.63, 3.8) is 0 Å². The summed E-state index contributed by atoms with van der Waals surface area (Å²) in [4.78, 5) is 22.6. The zero-order chi connectivity index (χ0) is 10.6. The number of hydrogen-bond acceptors (Lipinski definition) is 3. The molecule has 0 radical (unpaired) electrons. The normalized spacial score (nSPS) is 17.6. The molecule has 1 aliphatic carbocycles. The molecular weight excluding hydrogens is 206 g/mol. The van der Waals surface area contributed by atoms with Crippen molar-refractivity contribution in [2.24, 2.45) is 0 Å². The second-order valence-corrected chi connectivity index (χ2v) is 3.78. The number of halogens is 1. The van der Waals surface area contributed by atoms with E-state index in [1.165, 1.54) is 13.5 Å². The molecule has 1 saturated carbocycles. The minimum Gasteiger partial charge on any atom is -0.446 e. The summed E-state index contributed by atoms with van der Waals surface area (Å²) in [6.07, 6.45) is 4.42. The lowest BCUT2D eigenvalue weighted by Gasteiger charge is -2.23. The van der Waals surface area contributed by atoms with Gasteiger partial charge >= 0.3 is 11.5 Å². The van der Waals surface area contributed by atoms with E-state index in [0.717, 1.165) is 30.6 Å². The van der Waals surface area contributed by atoms with Crippen LogP contribution in [-0.4, -0.2) is 29.5 Å². The van der Waals surface area contributed by atoms with Crippen LogP contribution in [0, 0.1) is 0 Å². The maximum Gasteiger partial charge on any atom is 0.417 e. The van der Waals surface area contributed by atoms with E-state index in [0.29, 0.717) is 0 Å². The van der Waals surface area contributed by atoms with Crippen molar-refractivity contribution in [3.8, 4) is 0 Å². The van der Waals surface area contributed by atoms with Gasteiger partial charge in [0.25, 0.3) is 0 Å². The minimum atomic E-state index is -0.814. The molecule has 14 heavy (non-hydrogen) atoms. The zero-order valence-corrected chi connectivity index (χ0v) is 8.92. The number of nitrogens with zero attached hydrogens (tertiary/aromatic N) is 1. The standard InChI is InChI=1S/C9H14ClNO3/c1-11(8(10)12)9(13)14-7-5-3-2-4-6-7/h7H,2-6H2,1H3. The van der Waals surface area contributed by atoms with E-state index in [4.69, 9.17) is 16.3 Å². The predicted molar refractivity (Wildman–Crippen MR) is 52.4 cm³/mol. The summed E-state index contributed by atoms with van der Waals surface area (Å²) in [7, 11) is 1.31. The molecule has 0 aromatic rings. The van der Waals surface area contributed by atoms with Crippen LogP contribution in [0.3, 0.4) is 0 Å². The van der Waals surface area contributed by atoms with Crippen molar-refractivity contribution < 1.29 is 14.3 Å². The Hall–Kier alpha value is -0.770. The number of hydrogen-bond donors (Lipinski definition) is 0. The lowest BCUT2D eigenvalue weighted by atomic mass is 9.98. The fraction of sp³-hybridized carbons (Fsp3) is 0.778. The van der Waals surface area contributed by atoms with Crippen LogP contribution >= 0.6 is 11.6 Å². The first kappa shape index (κ1) is 11.3. The minimum absolute atomic E-state index is 0.0466. The number of imide groups is 1. The number of rotatable bonds is 1. The molecule has 0 spiro atoms. The Labute approximate surface area is 88.2 Å². The topological polar surface area (TPSA) is 46.6 Å². The average Bonchev–Trinajstić information content (AvgIpc) is 2.18. The van der Waals surface area contributed by atoms with Crippen LogP contribution in [0.15, 0.2) is 0 Å². The third-order valence-electron chi connectivity index (χ3n) is 2.36. The van der Waals surface area contributed by atoms with Crippen LogP contribution in [-0.2, 0) is 4.74 Å². The highest BCUT2D eigenvalue weighted by Gasteiger charge is 2.22. The molecule has 0 aromatic carbocycles. The van der Waals surface area contributed by atoms with E-state index < -0.39 is 11.5 Å². The van der Waals surface area contributed by atoms with Crippen LogP contribution in [0.1, 0.15) is 32.1 Å². The average molecular weight is 220 g/mol. The molecule has 0 atom stereocenters. The fourth-order valence-corrected chi connectivity index (χ4v) is 1.55. The first-order valence-electron chi connectivity index (χ1n) is 4.75. The molecule has 0 saturated heterocycles. The number of carbonyl (C=O) groups is 2. The van der Waals surface area contributed by atoms with E-state index in [1.807, 2.05) is 0 Å². The Balaban J connectivity index is 2.35. The number of amides is 2. The number of carbonyl (C=O) groups excluding carboxylic acids is 2. The highest BCUT2D eigenvalue weighted by Crippen LogP contribution is 2.20. The smallest absolute Gasteiger partial charge is 0.417 e. The van der Waals surface area contributed by atoms with Gasteiger partial charge in [0.2, 0.25) is 0 Å². The summed E-state index contributed by atoms with van der Waals surface area (Å²) in [5.41, 5.74) is 0. The van der Waals surface area contributed by atoms with Gasteiger partial charge in [-0.15, -0.1) is 0 Å². The Bertz CT molecular complexity index is 226. The van der Waals surface area contributed by atoms with Gasteiger partial charge in [0.05, 0.1) is 0 Å². The van der Waals surface area contributed by atoms with Gasteiger partial charge in [0, 0.05) is 7.05 Å². The van der Waals surface area contributed by atoms with Crippen molar-refractivity contribution in [1.29, 1.82) is 0 Å². The third kappa shape index (κ3) is 3.18.